The number of ether oxygens (including phenoxy) is 7. The Hall–Kier alpha value is -2.51. The minimum atomic E-state index is -1.69. The molecule has 5 aliphatic rings. The Morgan fingerprint density at radius 2 is 1.64 bits per heavy atom. The van der Waals surface area contributed by atoms with Crippen molar-refractivity contribution in [3.8, 4) is 0 Å². The maximum atomic E-state index is 12.7. The lowest BCUT2D eigenvalue weighted by atomic mass is 9.85. The van der Waals surface area contributed by atoms with Crippen molar-refractivity contribution in [2.75, 3.05) is 13.2 Å². The lowest BCUT2D eigenvalue weighted by Gasteiger charge is -2.44. The first-order valence-corrected chi connectivity index (χ1v) is 14.8. The van der Waals surface area contributed by atoms with E-state index in [1.54, 1.807) is 30.3 Å². The number of fused-ring (bicyclic) bond motifs is 3. The molecule has 15 nitrogen and oxygen atoms in total. The van der Waals surface area contributed by atoms with Gasteiger partial charge in [-0.25, -0.2) is 4.79 Å². The molecule has 4 fully saturated rings. The van der Waals surface area contributed by atoms with Crippen molar-refractivity contribution in [1.29, 1.82) is 0 Å². The molecule has 0 amide bonds. The molecular weight excluding hydrogens is 600 g/mol. The van der Waals surface area contributed by atoms with Crippen LogP contribution < -0.4 is 0 Å². The van der Waals surface area contributed by atoms with E-state index in [1.165, 1.54) is 25.3 Å². The fraction of sp³-hybridized carbons (Fsp3) is 0.633. The van der Waals surface area contributed by atoms with Crippen LogP contribution in [0.15, 0.2) is 48.7 Å². The van der Waals surface area contributed by atoms with Crippen LogP contribution in [0.5, 0.6) is 0 Å². The standard InChI is InChI=1S/C30H38O15/c1-13-19(34)22(37)25(42-17(33)8-7-14-5-3-2-4-6-14)29(40-13)43-24-15-9-10-39-27(18(15)30(12-32)26(24)45-30)44-28-23(38)21(36)20(35)16(11-31)41-28/h2-10,13,15-16,18-29,31-32,34-38H,11-12H2,1H3. The Kier molecular flexibility index (Phi) is 9.33. The van der Waals surface area contributed by atoms with Gasteiger partial charge >= 0.3 is 5.97 Å². The predicted octanol–water partition coefficient (Wildman–Crippen LogP) is -2.47. The molecule has 45 heavy (non-hydrogen) atoms. The molecule has 1 aromatic carbocycles. The number of hydrogen-bond acceptors (Lipinski definition) is 15. The third-order valence-corrected chi connectivity index (χ3v) is 9.14. The summed E-state index contributed by atoms with van der Waals surface area (Å²) in [6.07, 6.45) is -11.4. The topological polar surface area (TPSA) is 227 Å². The van der Waals surface area contributed by atoms with Gasteiger partial charge < -0.3 is 68.9 Å². The zero-order valence-electron chi connectivity index (χ0n) is 24.2. The van der Waals surface area contributed by atoms with Crippen LogP contribution in [0.25, 0.3) is 6.08 Å². The molecule has 3 saturated heterocycles. The SMILES string of the molecule is CC1OC(OC2C3C=COC(OC4OC(CO)C(O)C(O)C4O)C3C3(CO)OC23)C(OC(=O)C=Cc2ccccc2)C(O)C1O. The number of rotatable bonds is 9. The molecular formula is C30H38O15. The maximum Gasteiger partial charge on any atom is 0.331 e. The number of aliphatic hydroxyl groups is 7. The molecule has 6 rings (SSSR count). The van der Waals surface area contributed by atoms with Crippen LogP contribution in [-0.2, 0) is 38.0 Å². The average Bonchev–Trinajstić information content (AvgIpc) is 3.72. The third kappa shape index (κ3) is 5.93. The molecule has 0 bridgehead atoms. The van der Waals surface area contributed by atoms with Gasteiger partial charge in [0, 0.05) is 12.0 Å². The molecule has 0 radical (unpaired) electrons. The Balaban J connectivity index is 1.19. The maximum absolute atomic E-state index is 12.7. The molecule has 7 N–H and O–H groups in total. The Bertz CT molecular complexity index is 1240. The highest BCUT2D eigenvalue weighted by Gasteiger charge is 2.77. The normalized spacial score (nSPS) is 47.2. The molecule has 16 unspecified atom stereocenters. The smallest absolute Gasteiger partial charge is 0.331 e. The summed E-state index contributed by atoms with van der Waals surface area (Å²) in [6.45, 7) is 0.397. The Labute approximate surface area is 257 Å². The molecule has 0 aromatic heterocycles. The molecule has 4 aliphatic heterocycles. The number of epoxide rings is 1. The molecule has 1 saturated carbocycles. The minimum Gasteiger partial charge on any atom is -0.472 e. The summed E-state index contributed by atoms with van der Waals surface area (Å²) in [5, 5.41) is 72.2. The molecule has 1 aliphatic carbocycles. The first kappa shape index (κ1) is 32.4. The van der Waals surface area contributed by atoms with Gasteiger partial charge in [-0.15, -0.1) is 0 Å². The Morgan fingerprint density at radius 3 is 2.36 bits per heavy atom. The van der Waals surface area contributed by atoms with Gasteiger partial charge in [-0.05, 0) is 24.6 Å². The van der Waals surface area contributed by atoms with Crippen LogP contribution in [0.1, 0.15) is 12.5 Å². The van der Waals surface area contributed by atoms with Crippen LogP contribution in [0, 0.1) is 11.8 Å². The van der Waals surface area contributed by atoms with Crippen molar-refractivity contribution in [3.63, 3.8) is 0 Å². The quantitative estimate of drug-likeness (QED) is 0.0845. The summed E-state index contributed by atoms with van der Waals surface area (Å²) in [6, 6.07) is 9.01. The first-order chi connectivity index (χ1) is 21.6. The largest absolute Gasteiger partial charge is 0.472 e. The second-order valence-electron chi connectivity index (χ2n) is 11.9. The highest BCUT2D eigenvalue weighted by Crippen LogP contribution is 2.61. The van der Waals surface area contributed by atoms with Crippen LogP contribution >= 0.6 is 0 Å². The second-order valence-corrected chi connectivity index (χ2v) is 11.9. The van der Waals surface area contributed by atoms with Crippen LogP contribution in [0.2, 0.25) is 0 Å². The van der Waals surface area contributed by atoms with Crippen molar-refractivity contribution in [2.45, 2.75) is 92.4 Å². The molecule has 0 spiro atoms. The van der Waals surface area contributed by atoms with Gasteiger partial charge in [0.2, 0.25) is 6.29 Å². The summed E-state index contributed by atoms with van der Waals surface area (Å²) in [5.74, 6) is -2.12. The van der Waals surface area contributed by atoms with Crippen molar-refractivity contribution in [2.24, 2.45) is 11.8 Å². The zero-order valence-corrected chi connectivity index (χ0v) is 24.2. The van der Waals surface area contributed by atoms with E-state index in [4.69, 9.17) is 33.2 Å². The molecule has 4 heterocycles. The van der Waals surface area contributed by atoms with Gasteiger partial charge in [-0.2, -0.15) is 0 Å². The summed E-state index contributed by atoms with van der Waals surface area (Å²) < 4.78 is 40.7. The molecule has 248 valence electrons. The number of carbonyl (C=O) groups excluding carboxylic acids is 1. The van der Waals surface area contributed by atoms with E-state index in [-0.39, 0.29) is 0 Å². The first-order valence-electron chi connectivity index (χ1n) is 14.8. The van der Waals surface area contributed by atoms with Gasteiger partial charge in [0.05, 0.1) is 37.6 Å². The van der Waals surface area contributed by atoms with E-state index in [0.717, 1.165) is 5.56 Å². The minimum absolute atomic E-state index is 0.476. The van der Waals surface area contributed by atoms with E-state index in [2.05, 4.69) is 0 Å². The Morgan fingerprint density at radius 1 is 0.889 bits per heavy atom. The van der Waals surface area contributed by atoms with Crippen molar-refractivity contribution < 1.29 is 73.7 Å². The van der Waals surface area contributed by atoms with Gasteiger partial charge in [0.15, 0.2) is 18.7 Å². The van der Waals surface area contributed by atoms with Gasteiger partial charge in [-0.3, -0.25) is 0 Å². The predicted molar refractivity (Wildman–Crippen MR) is 147 cm³/mol. The summed E-state index contributed by atoms with van der Waals surface area (Å²) in [4.78, 5) is 12.7. The van der Waals surface area contributed by atoms with Gasteiger partial charge in [0.25, 0.3) is 0 Å². The third-order valence-electron chi connectivity index (χ3n) is 9.14. The van der Waals surface area contributed by atoms with Crippen LogP contribution in [0.3, 0.4) is 0 Å². The van der Waals surface area contributed by atoms with Crippen molar-refractivity contribution in [1.82, 2.24) is 0 Å². The van der Waals surface area contributed by atoms with E-state index < -0.39 is 117 Å². The van der Waals surface area contributed by atoms with Crippen molar-refractivity contribution in [3.05, 3.63) is 54.3 Å². The number of benzene rings is 1. The summed E-state index contributed by atoms with van der Waals surface area (Å²) in [7, 11) is 0. The molecule has 15 heteroatoms. The van der Waals surface area contributed by atoms with Gasteiger partial charge in [0.1, 0.15) is 48.3 Å². The fourth-order valence-corrected chi connectivity index (χ4v) is 6.60. The zero-order chi connectivity index (χ0) is 32.0. The average molecular weight is 639 g/mol. The van der Waals surface area contributed by atoms with E-state index >= 15 is 0 Å². The lowest BCUT2D eigenvalue weighted by Crippen LogP contribution is -2.61. The highest BCUT2D eigenvalue weighted by molar-refractivity contribution is 5.87. The number of carbonyl (C=O) groups is 1. The lowest BCUT2D eigenvalue weighted by molar-refractivity contribution is -0.347. The van der Waals surface area contributed by atoms with E-state index in [1.807, 2.05) is 6.07 Å². The second kappa shape index (κ2) is 12.9. The molecule has 1 aromatic rings. The molecule has 16 atom stereocenters. The summed E-state index contributed by atoms with van der Waals surface area (Å²) in [5.41, 5.74) is -0.478. The summed E-state index contributed by atoms with van der Waals surface area (Å²) >= 11 is 0. The fourth-order valence-electron chi connectivity index (χ4n) is 6.60. The number of esters is 1. The van der Waals surface area contributed by atoms with Crippen LogP contribution in [0.4, 0.5) is 0 Å². The highest BCUT2D eigenvalue weighted by atomic mass is 16.8. The van der Waals surface area contributed by atoms with E-state index in [0.29, 0.717) is 0 Å². The van der Waals surface area contributed by atoms with Gasteiger partial charge in [-0.1, -0.05) is 30.3 Å². The number of aliphatic hydroxyl groups excluding tert-OH is 7. The monoisotopic (exact) mass is 638 g/mol. The van der Waals surface area contributed by atoms with Crippen LogP contribution in [-0.4, -0.2) is 140 Å². The number of hydrogen-bond donors (Lipinski definition) is 7. The van der Waals surface area contributed by atoms with E-state index in [9.17, 15) is 40.5 Å². The van der Waals surface area contributed by atoms with Crippen molar-refractivity contribution >= 4 is 12.0 Å².